The molecule has 0 aliphatic heterocycles. The number of esters is 1. The van der Waals surface area contributed by atoms with Crippen molar-refractivity contribution < 1.29 is 23.5 Å². The molecule has 0 aliphatic carbocycles. The number of nitrogens with one attached hydrogen (secondary N) is 1. The summed E-state index contributed by atoms with van der Waals surface area (Å²) < 4.78 is 15.1. The molecule has 122 valence electrons. The zero-order valence-corrected chi connectivity index (χ0v) is 13.3. The first-order valence-electron chi connectivity index (χ1n) is 6.89. The quantitative estimate of drug-likeness (QED) is 0.620. The number of furan rings is 1. The molecule has 2 rings (SSSR count). The summed E-state index contributed by atoms with van der Waals surface area (Å²) in [5.74, 6) is -0.671. The summed E-state index contributed by atoms with van der Waals surface area (Å²) in [6, 6.07) is 10.2. The summed E-state index contributed by atoms with van der Waals surface area (Å²) in [5.41, 5.74) is 0.672. The lowest BCUT2D eigenvalue weighted by molar-refractivity contribution is -0.124. The molecule has 1 N–H and O–H groups in total. The van der Waals surface area contributed by atoms with Crippen LogP contribution in [0.5, 0.6) is 0 Å². The molecule has 0 aliphatic rings. The molecule has 23 heavy (non-hydrogen) atoms. The lowest BCUT2D eigenvalue weighted by Gasteiger charge is -2.05. The van der Waals surface area contributed by atoms with E-state index in [1.165, 1.54) is 13.2 Å². The first-order chi connectivity index (χ1) is 11.1. The van der Waals surface area contributed by atoms with Gasteiger partial charge in [0.2, 0.25) is 5.76 Å². The van der Waals surface area contributed by atoms with Crippen molar-refractivity contribution in [1.29, 1.82) is 0 Å². The van der Waals surface area contributed by atoms with Gasteiger partial charge in [-0.15, -0.1) is 0 Å². The molecule has 6 nitrogen and oxygen atoms in total. The molecule has 0 fully saturated rings. The zero-order chi connectivity index (χ0) is 16.7. The first-order valence-corrected chi connectivity index (χ1v) is 7.27. The van der Waals surface area contributed by atoms with E-state index in [-0.39, 0.29) is 12.4 Å². The van der Waals surface area contributed by atoms with Gasteiger partial charge in [0, 0.05) is 19.2 Å². The van der Waals surface area contributed by atoms with Gasteiger partial charge in [0.05, 0.1) is 11.6 Å². The van der Waals surface area contributed by atoms with Crippen LogP contribution >= 0.6 is 11.6 Å². The van der Waals surface area contributed by atoms with Gasteiger partial charge in [-0.3, -0.25) is 4.79 Å². The van der Waals surface area contributed by atoms with Gasteiger partial charge in [-0.05, 0) is 24.3 Å². The fraction of sp³-hybridized carbons (Fsp3) is 0.250. The van der Waals surface area contributed by atoms with E-state index in [0.717, 1.165) is 0 Å². The van der Waals surface area contributed by atoms with Crippen molar-refractivity contribution in [2.45, 2.75) is 0 Å². The number of carbonyl (C=O) groups is 2. The third-order valence-electron chi connectivity index (χ3n) is 2.91. The normalized spacial score (nSPS) is 10.3. The smallest absolute Gasteiger partial charge is 0.374 e. The Morgan fingerprint density at radius 1 is 1.22 bits per heavy atom. The van der Waals surface area contributed by atoms with E-state index in [0.29, 0.717) is 29.5 Å². The molecule has 0 atom stereocenters. The van der Waals surface area contributed by atoms with Gasteiger partial charge in [0.15, 0.2) is 6.61 Å². The maximum absolute atomic E-state index is 11.9. The number of carbonyl (C=O) groups excluding carboxylic acids is 2. The van der Waals surface area contributed by atoms with Gasteiger partial charge < -0.3 is 19.2 Å². The lowest BCUT2D eigenvalue weighted by Crippen LogP contribution is -2.31. The average Bonchev–Trinajstić information content (AvgIpc) is 3.03. The van der Waals surface area contributed by atoms with Crippen molar-refractivity contribution in [3.8, 4) is 11.3 Å². The SMILES string of the molecule is COCCNC(=O)COC(=O)c1ccc(-c2ccccc2Cl)o1. The van der Waals surface area contributed by atoms with E-state index in [4.69, 9.17) is 25.5 Å². The Labute approximate surface area is 138 Å². The molecule has 2 aromatic rings. The highest BCUT2D eigenvalue weighted by Crippen LogP contribution is 2.29. The van der Waals surface area contributed by atoms with E-state index < -0.39 is 11.9 Å². The Morgan fingerprint density at radius 2 is 2.00 bits per heavy atom. The topological polar surface area (TPSA) is 77.8 Å². The highest BCUT2D eigenvalue weighted by Gasteiger charge is 2.16. The van der Waals surface area contributed by atoms with Crippen LogP contribution in [0.4, 0.5) is 0 Å². The minimum atomic E-state index is -0.717. The summed E-state index contributed by atoms with van der Waals surface area (Å²) in [5, 5.41) is 3.05. The molecule has 7 heteroatoms. The number of ether oxygens (including phenoxy) is 2. The molecule has 0 bridgehead atoms. The van der Waals surface area contributed by atoms with Gasteiger partial charge in [-0.25, -0.2) is 4.79 Å². The Balaban J connectivity index is 1.91. The number of methoxy groups -OCH3 is 1. The summed E-state index contributed by atoms with van der Waals surface area (Å²) in [6.07, 6.45) is 0. The fourth-order valence-corrected chi connectivity index (χ4v) is 2.03. The third-order valence-corrected chi connectivity index (χ3v) is 3.24. The number of hydrogen-bond acceptors (Lipinski definition) is 5. The zero-order valence-electron chi connectivity index (χ0n) is 12.5. The van der Waals surface area contributed by atoms with Crippen LogP contribution in [0.15, 0.2) is 40.8 Å². The number of halogens is 1. The minimum Gasteiger partial charge on any atom is -0.450 e. The highest BCUT2D eigenvalue weighted by atomic mass is 35.5. The highest BCUT2D eigenvalue weighted by molar-refractivity contribution is 6.33. The maximum atomic E-state index is 11.9. The van der Waals surface area contributed by atoms with E-state index in [1.54, 1.807) is 24.3 Å². The summed E-state index contributed by atoms with van der Waals surface area (Å²) in [7, 11) is 1.53. The predicted octanol–water partition coefficient (Wildman–Crippen LogP) is 2.52. The first kappa shape index (κ1) is 17.1. The second kappa shape index (κ2) is 8.36. The van der Waals surface area contributed by atoms with Crippen LogP contribution in [0.1, 0.15) is 10.6 Å². The Hall–Kier alpha value is -2.31. The van der Waals surface area contributed by atoms with E-state index in [9.17, 15) is 9.59 Å². The molecule has 0 radical (unpaired) electrons. The van der Waals surface area contributed by atoms with Crippen LogP contribution in [0.25, 0.3) is 11.3 Å². The van der Waals surface area contributed by atoms with Gasteiger partial charge >= 0.3 is 5.97 Å². The van der Waals surface area contributed by atoms with Gasteiger partial charge in [-0.2, -0.15) is 0 Å². The second-order valence-electron chi connectivity index (χ2n) is 4.56. The molecule has 1 heterocycles. The number of hydrogen-bond donors (Lipinski definition) is 1. The van der Waals surface area contributed by atoms with Crippen LogP contribution in [0.2, 0.25) is 5.02 Å². The standard InChI is InChI=1S/C16H16ClNO5/c1-21-9-8-18-15(19)10-22-16(20)14-7-6-13(23-14)11-4-2-3-5-12(11)17/h2-7H,8-10H2,1H3,(H,18,19). The maximum Gasteiger partial charge on any atom is 0.374 e. The minimum absolute atomic E-state index is 0.00427. The predicted molar refractivity (Wildman–Crippen MR) is 84.3 cm³/mol. The Kier molecular flexibility index (Phi) is 6.19. The second-order valence-corrected chi connectivity index (χ2v) is 4.97. The molecule has 1 amide bonds. The van der Waals surface area contributed by atoms with Crippen molar-refractivity contribution >= 4 is 23.5 Å². The van der Waals surface area contributed by atoms with Crippen molar-refractivity contribution in [3.05, 3.63) is 47.2 Å². The van der Waals surface area contributed by atoms with E-state index >= 15 is 0 Å². The van der Waals surface area contributed by atoms with Crippen molar-refractivity contribution in [1.82, 2.24) is 5.32 Å². The third kappa shape index (κ3) is 4.84. The van der Waals surface area contributed by atoms with Crippen LogP contribution in [-0.4, -0.2) is 38.7 Å². The van der Waals surface area contributed by atoms with Crippen molar-refractivity contribution in [2.24, 2.45) is 0 Å². The van der Waals surface area contributed by atoms with Gasteiger partial charge in [-0.1, -0.05) is 23.7 Å². The summed E-state index contributed by atoms with van der Waals surface area (Å²) >= 11 is 6.07. The molecular formula is C16H16ClNO5. The van der Waals surface area contributed by atoms with Crippen LogP contribution in [-0.2, 0) is 14.3 Å². The number of benzene rings is 1. The molecule has 0 unspecified atom stereocenters. The monoisotopic (exact) mass is 337 g/mol. The summed E-state index contributed by atoms with van der Waals surface area (Å²) in [4.78, 5) is 23.3. The lowest BCUT2D eigenvalue weighted by atomic mass is 10.2. The number of rotatable bonds is 7. The molecule has 0 spiro atoms. The molecule has 0 saturated carbocycles. The Morgan fingerprint density at radius 3 is 2.74 bits per heavy atom. The van der Waals surface area contributed by atoms with Gasteiger partial charge in [0.25, 0.3) is 5.91 Å². The van der Waals surface area contributed by atoms with Crippen molar-refractivity contribution in [2.75, 3.05) is 26.9 Å². The van der Waals surface area contributed by atoms with E-state index in [1.807, 2.05) is 6.07 Å². The molecule has 1 aromatic heterocycles. The Bertz CT molecular complexity index is 683. The fourth-order valence-electron chi connectivity index (χ4n) is 1.80. The molecule has 0 saturated heterocycles. The molecular weight excluding hydrogens is 322 g/mol. The van der Waals surface area contributed by atoms with Crippen LogP contribution in [0.3, 0.4) is 0 Å². The largest absolute Gasteiger partial charge is 0.450 e. The number of amides is 1. The molecule has 1 aromatic carbocycles. The average molecular weight is 338 g/mol. The van der Waals surface area contributed by atoms with Crippen LogP contribution < -0.4 is 5.32 Å². The van der Waals surface area contributed by atoms with Gasteiger partial charge in [0.1, 0.15) is 5.76 Å². The summed E-state index contributed by atoms with van der Waals surface area (Å²) in [6.45, 7) is 0.355. The van der Waals surface area contributed by atoms with E-state index in [2.05, 4.69) is 5.32 Å². The van der Waals surface area contributed by atoms with Crippen LogP contribution in [0, 0.1) is 0 Å². The van der Waals surface area contributed by atoms with Crippen molar-refractivity contribution in [3.63, 3.8) is 0 Å².